The molecule has 3 aromatic rings. The maximum absolute atomic E-state index is 13.9. The number of nitrogens with one attached hydrogen (secondary N) is 1. The van der Waals surface area contributed by atoms with Crippen LogP contribution in [0.3, 0.4) is 0 Å². The van der Waals surface area contributed by atoms with Crippen LogP contribution in [0.1, 0.15) is 54.8 Å². The molecular weight excluding hydrogens is 442 g/mol. The number of nitrogens with zero attached hydrogens (tertiary/aromatic N) is 1. The molecule has 0 saturated heterocycles. The second kappa shape index (κ2) is 10.6. The molecule has 1 aromatic heterocycles. The fourth-order valence-corrected chi connectivity index (χ4v) is 4.09. The molecule has 0 aliphatic heterocycles. The first-order valence-corrected chi connectivity index (χ1v) is 11.4. The van der Waals surface area contributed by atoms with Crippen LogP contribution < -0.4 is 5.32 Å². The molecule has 4 rings (SSSR count). The molecule has 0 saturated carbocycles. The van der Waals surface area contributed by atoms with Crippen LogP contribution in [-0.2, 0) is 33.6 Å². The third kappa shape index (κ3) is 5.68. The van der Waals surface area contributed by atoms with Gasteiger partial charge in [-0.2, -0.15) is 0 Å². The number of aryl methyl sites for hydroxylation is 3. The van der Waals surface area contributed by atoms with Crippen molar-refractivity contribution in [1.29, 1.82) is 0 Å². The largest absolute Gasteiger partial charge is 0.456 e. The van der Waals surface area contributed by atoms with Crippen molar-refractivity contribution in [3.05, 3.63) is 76.8 Å². The average Bonchev–Trinajstić information content (AvgIpc) is 3.29. The number of benzene rings is 2. The Hall–Kier alpha value is -3.55. The molecule has 0 bridgehead atoms. The fourth-order valence-electron chi connectivity index (χ4n) is 4.09. The van der Waals surface area contributed by atoms with Gasteiger partial charge in [0.2, 0.25) is 0 Å². The molecule has 8 heteroatoms. The van der Waals surface area contributed by atoms with E-state index < -0.39 is 30.1 Å². The van der Waals surface area contributed by atoms with Crippen LogP contribution in [0.2, 0.25) is 0 Å². The third-order valence-electron chi connectivity index (χ3n) is 5.92. The van der Waals surface area contributed by atoms with Gasteiger partial charge in [-0.25, -0.2) is 13.8 Å². The SMILES string of the molecule is CC(NC(=O)COC(=O)CCc1ncc(-c2c(F)cccc2F)o1)c1ccc2c(c1)CCCC2. The van der Waals surface area contributed by atoms with Gasteiger partial charge in [-0.3, -0.25) is 9.59 Å². The molecule has 0 spiro atoms. The number of hydrogen-bond acceptors (Lipinski definition) is 5. The highest BCUT2D eigenvalue weighted by molar-refractivity contribution is 5.80. The Balaban J connectivity index is 1.23. The first-order valence-electron chi connectivity index (χ1n) is 11.4. The number of rotatable bonds is 8. The normalized spacial score (nSPS) is 13.7. The summed E-state index contributed by atoms with van der Waals surface area (Å²) in [5.74, 6) is -2.45. The van der Waals surface area contributed by atoms with Crippen LogP contribution >= 0.6 is 0 Å². The molecule has 0 radical (unpaired) electrons. The predicted octanol–water partition coefficient (Wildman–Crippen LogP) is 4.85. The number of aromatic nitrogens is 1. The van der Waals surface area contributed by atoms with E-state index in [2.05, 4.69) is 22.4 Å². The van der Waals surface area contributed by atoms with Crippen molar-refractivity contribution in [3.63, 3.8) is 0 Å². The Morgan fingerprint density at radius 3 is 2.62 bits per heavy atom. The molecule has 1 aliphatic rings. The average molecular weight is 469 g/mol. The van der Waals surface area contributed by atoms with Crippen molar-refractivity contribution in [2.75, 3.05) is 6.61 Å². The summed E-state index contributed by atoms with van der Waals surface area (Å²) in [6, 6.07) is 9.59. The van der Waals surface area contributed by atoms with Crippen molar-refractivity contribution in [3.8, 4) is 11.3 Å². The molecule has 1 amide bonds. The number of hydrogen-bond donors (Lipinski definition) is 1. The van der Waals surface area contributed by atoms with Crippen LogP contribution in [0.5, 0.6) is 0 Å². The Morgan fingerprint density at radius 1 is 1.12 bits per heavy atom. The van der Waals surface area contributed by atoms with Crippen LogP contribution in [-0.4, -0.2) is 23.5 Å². The van der Waals surface area contributed by atoms with Crippen LogP contribution in [0.4, 0.5) is 8.78 Å². The van der Waals surface area contributed by atoms with E-state index in [0.29, 0.717) is 0 Å². The summed E-state index contributed by atoms with van der Waals surface area (Å²) in [5.41, 5.74) is 3.42. The zero-order valence-corrected chi connectivity index (χ0v) is 18.9. The molecule has 178 valence electrons. The second-order valence-electron chi connectivity index (χ2n) is 8.40. The first-order chi connectivity index (χ1) is 16.4. The van der Waals surface area contributed by atoms with Gasteiger partial charge in [0.05, 0.1) is 24.2 Å². The third-order valence-corrected chi connectivity index (χ3v) is 5.92. The van der Waals surface area contributed by atoms with Gasteiger partial charge in [0.25, 0.3) is 5.91 Å². The Kier molecular flexibility index (Phi) is 7.35. The Bertz CT molecular complexity index is 1170. The maximum atomic E-state index is 13.9. The van der Waals surface area contributed by atoms with E-state index in [1.165, 1.54) is 36.2 Å². The number of ether oxygens (including phenoxy) is 1. The van der Waals surface area contributed by atoms with E-state index in [-0.39, 0.29) is 36.1 Å². The molecule has 6 nitrogen and oxygen atoms in total. The lowest BCUT2D eigenvalue weighted by atomic mass is 9.89. The Labute approximate surface area is 196 Å². The number of halogens is 2. The number of amides is 1. The molecule has 1 N–H and O–H groups in total. The van der Waals surface area contributed by atoms with Crippen LogP contribution in [0.25, 0.3) is 11.3 Å². The maximum Gasteiger partial charge on any atom is 0.306 e. The minimum absolute atomic E-state index is 0.0606. The summed E-state index contributed by atoms with van der Waals surface area (Å²) < 4.78 is 38.2. The van der Waals surface area contributed by atoms with Gasteiger partial charge in [0.1, 0.15) is 11.6 Å². The highest BCUT2D eigenvalue weighted by Gasteiger charge is 2.18. The van der Waals surface area contributed by atoms with Gasteiger partial charge in [-0.1, -0.05) is 24.3 Å². The number of fused-ring (bicyclic) bond motifs is 1. The van der Waals surface area contributed by atoms with E-state index in [1.807, 2.05) is 13.0 Å². The van der Waals surface area contributed by atoms with Crippen molar-refractivity contribution in [2.45, 2.75) is 51.5 Å². The van der Waals surface area contributed by atoms with E-state index in [9.17, 15) is 18.4 Å². The van der Waals surface area contributed by atoms with Gasteiger partial charge >= 0.3 is 5.97 Å². The summed E-state index contributed by atoms with van der Waals surface area (Å²) in [6.45, 7) is 1.49. The standard InChI is InChI=1S/C26H26F2N2O4/c1-16(18-10-9-17-5-2-3-6-19(17)13-18)30-23(31)15-33-25(32)12-11-24-29-14-22(34-24)26-20(27)7-4-8-21(26)28/h4,7-10,13-14,16H,2-3,5-6,11-12,15H2,1H3,(H,30,31). The molecule has 1 unspecified atom stereocenters. The summed E-state index contributed by atoms with van der Waals surface area (Å²) in [7, 11) is 0. The minimum Gasteiger partial charge on any atom is -0.456 e. The predicted molar refractivity (Wildman–Crippen MR) is 121 cm³/mol. The minimum atomic E-state index is -0.766. The lowest BCUT2D eigenvalue weighted by molar-refractivity contribution is -0.148. The fraction of sp³-hybridized carbons (Fsp3) is 0.346. The first kappa shape index (κ1) is 23.6. The van der Waals surface area contributed by atoms with Crippen molar-refractivity contribution in [2.24, 2.45) is 0 Å². The van der Waals surface area contributed by atoms with Gasteiger partial charge in [0, 0.05) is 6.42 Å². The summed E-state index contributed by atoms with van der Waals surface area (Å²) >= 11 is 0. The molecule has 34 heavy (non-hydrogen) atoms. The summed E-state index contributed by atoms with van der Waals surface area (Å²) in [5, 5.41) is 2.85. The van der Waals surface area contributed by atoms with E-state index in [1.54, 1.807) is 0 Å². The van der Waals surface area contributed by atoms with E-state index >= 15 is 0 Å². The van der Waals surface area contributed by atoms with Crippen molar-refractivity contribution in [1.82, 2.24) is 10.3 Å². The lowest BCUT2D eigenvalue weighted by Crippen LogP contribution is -2.31. The number of oxazole rings is 1. The number of esters is 1. The highest BCUT2D eigenvalue weighted by Crippen LogP contribution is 2.27. The van der Waals surface area contributed by atoms with Crippen LogP contribution in [0, 0.1) is 11.6 Å². The molecule has 2 aromatic carbocycles. The summed E-state index contributed by atoms with van der Waals surface area (Å²) in [6.07, 6.45) is 5.74. The summed E-state index contributed by atoms with van der Waals surface area (Å²) in [4.78, 5) is 28.2. The monoisotopic (exact) mass is 468 g/mol. The quantitative estimate of drug-likeness (QED) is 0.478. The molecule has 1 heterocycles. The van der Waals surface area contributed by atoms with Crippen molar-refractivity contribution < 1.29 is 27.5 Å². The van der Waals surface area contributed by atoms with Gasteiger partial charge in [0.15, 0.2) is 18.3 Å². The molecule has 0 fully saturated rings. The van der Waals surface area contributed by atoms with Crippen LogP contribution in [0.15, 0.2) is 47.0 Å². The number of carbonyl (C=O) groups is 2. The van der Waals surface area contributed by atoms with Gasteiger partial charge in [-0.05, 0) is 61.4 Å². The van der Waals surface area contributed by atoms with Gasteiger partial charge in [-0.15, -0.1) is 0 Å². The smallest absolute Gasteiger partial charge is 0.306 e. The van der Waals surface area contributed by atoms with E-state index in [0.717, 1.165) is 30.5 Å². The second-order valence-corrected chi connectivity index (χ2v) is 8.40. The molecular formula is C26H26F2N2O4. The van der Waals surface area contributed by atoms with Crippen molar-refractivity contribution >= 4 is 11.9 Å². The zero-order valence-electron chi connectivity index (χ0n) is 18.9. The molecule has 1 aliphatic carbocycles. The highest BCUT2D eigenvalue weighted by atomic mass is 19.1. The Morgan fingerprint density at radius 2 is 1.85 bits per heavy atom. The zero-order chi connectivity index (χ0) is 24.1. The lowest BCUT2D eigenvalue weighted by Gasteiger charge is -2.20. The number of carbonyl (C=O) groups excluding carboxylic acids is 2. The van der Waals surface area contributed by atoms with E-state index in [4.69, 9.17) is 9.15 Å². The molecule has 1 atom stereocenters. The van der Waals surface area contributed by atoms with Gasteiger partial charge < -0.3 is 14.5 Å². The topological polar surface area (TPSA) is 81.4 Å².